The van der Waals surface area contributed by atoms with Crippen molar-refractivity contribution in [3.63, 3.8) is 0 Å². The predicted octanol–water partition coefficient (Wildman–Crippen LogP) is 3.08. The molecule has 1 unspecified atom stereocenters. The Hall–Kier alpha value is -1.11. The zero-order valence-corrected chi connectivity index (χ0v) is 17.9. The zero-order valence-electron chi connectivity index (χ0n) is 17.1. The normalized spacial score (nSPS) is 25.3. The third kappa shape index (κ3) is 6.89. The summed E-state index contributed by atoms with van der Waals surface area (Å²) in [5.74, 6) is 2.71. The van der Waals surface area contributed by atoms with Crippen molar-refractivity contribution in [2.24, 2.45) is 10.9 Å². The van der Waals surface area contributed by atoms with Crippen LogP contribution in [0.3, 0.4) is 0 Å². The molecule has 1 atom stereocenters. The number of hydrogen-bond acceptors (Lipinski definition) is 4. The van der Waals surface area contributed by atoms with Gasteiger partial charge in [-0.3, -0.25) is 4.99 Å². The lowest BCUT2D eigenvalue weighted by Gasteiger charge is -2.33. The number of carbonyl (C=O) groups excluding carboxylic acids is 1. The van der Waals surface area contributed by atoms with Gasteiger partial charge in [-0.1, -0.05) is 0 Å². The standard InChI is InChI=1S/C19H36N4O2S/c1-18(2,3)25-17(24)23-10-7-15(8-11-23)13-21-16(20-5)22-14-19(4)9-6-12-26-19/h15H,6-14H2,1-5H3,(H2,20,21,22). The summed E-state index contributed by atoms with van der Waals surface area (Å²) in [6.07, 6.45) is 4.38. The molecule has 2 fully saturated rings. The number of thioether (sulfide) groups is 1. The maximum absolute atomic E-state index is 12.1. The molecule has 1 amide bonds. The minimum atomic E-state index is -0.429. The first-order chi connectivity index (χ1) is 12.2. The molecule has 2 aliphatic heterocycles. The van der Waals surface area contributed by atoms with E-state index in [0.717, 1.165) is 45.0 Å². The van der Waals surface area contributed by atoms with Crippen LogP contribution < -0.4 is 10.6 Å². The van der Waals surface area contributed by atoms with Crippen LogP contribution in [0.5, 0.6) is 0 Å². The summed E-state index contributed by atoms with van der Waals surface area (Å²) in [4.78, 5) is 18.3. The lowest BCUT2D eigenvalue weighted by atomic mass is 9.97. The minimum absolute atomic E-state index is 0.191. The van der Waals surface area contributed by atoms with Crippen molar-refractivity contribution >= 4 is 23.8 Å². The smallest absolute Gasteiger partial charge is 0.410 e. The van der Waals surface area contributed by atoms with E-state index >= 15 is 0 Å². The van der Waals surface area contributed by atoms with Gasteiger partial charge < -0.3 is 20.3 Å². The van der Waals surface area contributed by atoms with E-state index in [1.165, 1.54) is 18.6 Å². The summed E-state index contributed by atoms with van der Waals surface area (Å²) in [7, 11) is 1.82. The fourth-order valence-electron chi connectivity index (χ4n) is 3.35. The number of amides is 1. The van der Waals surface area contributed by atoms with Gasteiger partial charge in [0.1, 0.15) is 5.60 Å². The first-order valence-corrected chi connectivity index (χ1v) is 10.8. The van der Waals surface area contributed by atoms with Gasteiger partial charge in [-0.2, -0.15) is 11.8 Å². The Bertz CT molecular complexity index is 490. The second-order valence-corrected chi connectivity index (χ2v) is 10.3. The summed E-state index contributed by atoms with van der Waals surface area (Å²) >= 11 is 2.06. The lowest BCUT2D eigenvalue weighted by molar-refractivity contribution is 0.0185. The number of rotatable bonds is 4. The van der Waals surface area contributed by atoms with Gasteiger partial charge >= 0.3 is 6.09 Å². The topological polar surface area (TPSA) is 66.0 Å². The zero-order chi connectivity index (χ0) is 19.2. The second-order valence-electron chi connectivity index (χ2n) is 8.62. The number of ether oxygens (including phenoxy) is 1. The number of nitrogens with one attached hydrogen (secondary N) is 2. The van der Waals surface area contributed by atoms with Crippen LogP contribution in [-0.4, -0.2) is 66.3 Å². The molecule has 0 radical (unpaired) electrons. The number of hydrogen-bond donors (Lipinski definition) is 2. The van der Waals surface area contributed by atoms with Gasteiger partial charge in [0, 0.05) is 38.0 Å². The first-order valence-electron chi connectivity index (χ1n) is 9.77. The average molecular weight is 385 g/mol. The van der Waals surface area contributed by atoms with Crippen LogP contribution in [0.1, 0.15) is 53.4 Å². The molecule has 26 heavy (non-hydrogen) atoms. The quantitative estimate of drug-likeness (QED) is 0.576. The highest BCUT2D eigenvalue weighted by molar-refractivity contribution is 8.00. The highest BCUT2D eigenvalue weighted by atomic mass is 32.2. The van der Waals surface area contributed by atoms with Crippen molar-refractivity contribution in [3.8, 4) is 0 Å². The van der Waals surface area contributed by atoms with E-state index < -0.39 is 5.60 Å². The molecule has 0 bridgehead atoms. The number of piperidine rings is 1. The van der Waals surface area contributed by atoms with Crippen molar-refractivity contribution in [2.45, 2.75) is 63.7 Å². The molecule has 0 aromatic rings. The van der Waals surface area contributed by atoms with Crippen LogP contribution in [0.4, 0.5) is 4.79 Å². The molecule has 0 spiro atoms. The van der Waals surface area contributed by atoms with E-state index in [-0.39, 0.29) is 6.09 Å². The minimum Gasteiger partial charge on any atom is -0.444 e. The fraction of sp³-hybridized carbons (Fsp3) is 0.895. The Morgan fingerprint density at radius 1 is 1.31 bits per heavy atom. The Labute approximate surface area is 162 Å². The largest absolute Gasteiger partial charge is 0.444 e. The Balaban J connectivity index is 1.67. The third-order valence-corrected chi connectivity index (χ3v) is 6.52. The maximum atomic E-state index is 12.1. The monoisotopic (exact) mass is 384 g/mol. The van der Waals surface area contributed by atoms with Gasteiger partial charge in [-0.15, -0.1) is 0 Å². The molecular formula is C19H36N4O2S. The summed E-state index contributed by atoms with van der Waals surface area (Å²) < 4.78 is 5.79. The number of nitrogens with zero attached hydrogens (tertiary/aromatic N) is 2. The molecule has 0 aliphatic carbocycles. The number of carbonyl (C=O) groups is 1. The molecule has 0 saturated carbocycles. The van der Waals surface area contributed by atoms with E-state index in [1.54, 1.807) is 0 Å². The molecule has 2 heterocycles. The summed E-state index contributed by atoms with van der Waals surface area (Å²) in [5.41, 5.74) is -0.429. The van der Waals surface area contributed by atoms with Crippen LogP contribution in [0.2, 0.25) is 0 Å². The number of aliphatic imine (C=N–C) groups is 1. The summed E-state index contributed by atoms with van der Waals surface area (Å²) in [5, 5.41) is 6.94. The van der Waals surface area contributed by atoms with E-state index in [9.17, 15) is 4.79 Å². The maximum Gasteiger partial charge on any atom is 0.410 e. The highest BCUT2D eigenvalue weighted by Crippen LogP contribution is 2.36. The van der Waals surface area contributed by atoms with E-state index in [0.29, 0.717) is 10.7 Å². The SMILES string of the molecule is CN=C(NCC1CCN(C(=O)OC(C)(C)C)CC1)NCC1(C)CCCS1. The van der Waals surface area contributed by atoms with Crippen molar-refractivity contribution < 1.29 is 9.53 Å². The Morgan fingerprint density at radius 3 is 2.54 bits per heavy atom. The van der Waals surface area contributed by atoms with Crippen LogP contribution >= 0.6 is 11.8 Å². The van der Waals surface area contributed by atoms with Gasteiger partial charge in [0.25, 0.3) is 0 Å². The predicted molar refractivity (Wildman–Crippen MR) is 110 cm³/mol. The number of guanidine groups is 1. The van der Waals surface area contributed by atoms with Gasteiger partial charge in [-0.05, 0) is 65.0 Å². The first kappa shape index (κ1) is 21.2. The Kier molecular flexibility index (Phi) is 7.50. The molecule has 2 saturated heterocycles. The molecular weight excluding hydrogens is 348 g/mol. The summed E-state index contributed by atoms with van der Waals surface area (Å²) in [6, 6.07) is 0. The summed E-state index contributed by atoms with van der Waals surface area (Å²) in [6.45, 7) is 11.4. The van der Waals surface area contributed by atoms with Crippen molar-refractivity contribution in [1.82, 2.24) is 15.5 Å². The number of likely N-dealkylation sites (tertiary alicyclic amines) is 1. The Morgan fingerprint density at radius 2 is 2.00 bits per heavy atom. The second kappa shape index (κ2) is 9.20. The van der Waals surface area contributed by atoms with Gasteiger partial charge in [-0.25, -0.2) is 4.79 Å². The molecule has 0 aromatic carbocycles. The molecule has 2 N–H and O–H groups in total. The third-order valence-electron chi connectivity index (χ3n) is 4.98. The van der Waals surface area contributed by atoms with Crippen LogP contribution in [0.15, 0.2) is 4.99 Å². The van der Waals surface area contributed by atoms with Crippen molar-refractivity contribution in [1.29, 1.82) is 0 Å². The molecule has 2 aliphatic rings. The van der Waals surface area contributed by atoms with E-state index in [4.69, 9.17) is 4.74 Å². The van der Waals surface area contributed by atoms with Gasteiger partial charge in [0.05, 0.1) is 0 Å². The van der Waals surface area contributed by atoms with E-state index in [1.807, 2.05) is 32.7 Å². The molecule has 6 nitrogen and oxygen atoms in total. The lowest BCUT2D eigenvalue weighted by Crippen LogP contribution is -2.47. The van der Waals surface area contributed by atoms with Crippen molar-refractivity contribution in [2.75, 3.05) is 39.0 Å². The van der Waals surface area contributed by atoms with Crippen LogP contribution in [0.25, 0.3) is 0 Å². The van der Waals surface area contributed by atoms with Gasteiger partial charge in [0.2, 0.25) is 0 Å². The van der Waals surface area contributed by atoms with Crippen molar-refractivity contribution in [3.05, 3.63) is 0 Å². The van der Waals surface area contributed by atoms with E-state index in [2.05, 4.69) is 34.3 Å². The average Bonchev–Trinajstić information content (AvgIpc) is 3.01. The molecule has 2 rings (SSSR count). The highest BCUT2D eigenvalue weighted by Gasteiger charge is 2.30. The van der Waals surface area contributed by atoms with Gasteiger partial charge in [0.15, 0.2) is 5.96 Å². The molecule has 150 valence electrons. The molecule has 7 heteroatoms. The molecule has 0 aromatic heterocycles. The van der Waals surface area contributed by atoms with Crippen LogP contribution in [0, 0.1) is 5.92 Å². The van der Waals surface area contributed by atoms with Crippen LogP contribution in [-0.2, 0) is 4.74 Å². The fourth-order valence-corrected chi connectivity index (χ4v) is 4.60.